The second-order valence-electron chi connectivity index (χ2n) is 4.27. The van der Waals surface area contributed by atoms with Gasteiger partial charge in [-0.25, -0.2) is 0 Å². The van der Waals surface area contributed by atoms with Crippen LogP contribution in [0.15, 0.2) is 38.0 Å². The molecule has 0 rings (SSSR count). The Kier molecular flexibility index (Phi) is 6.55. The highest BCUT2D eigenvalue weighted by atomic mass is 28.3. The Bertz CT molecular complexity index is 183. The highest BCUT2D eigenvalue weighted by Gasteiger charge is 2.31. The van der Waals surface area contributed by atoms with E-state index in [1.54, 1.807) is 0 Å². The quantitative estimate of drug-likeness (QED) is 0.397. The van der Waals surface area contributed by atoms with Crippen LogP contribution in [0.25, 0.3) is 0 Å². The van der Waals surface area contributed by atoms with Gasteiger partial charge in [0.1, 0.15) is 0 Å². The van der Waals surface area contributed by atoms with Crippen LogP contribution in [0, 0.1) is 0 Å². The summed E-state index contributed by atoms with van der Waals surface area (Å²) in [5.74, 6) is 0. The van der Waals surface area contributed by atoms with Gasteiger partial charge in [-0.05, 0) is 24.1 Å². The summed E-state index contributed by atoms with van der Waals surface area (Å²) in [5.41, 5.74) is 0.830. The van der Waals surface area contributed by atoms with Gasteiger partial charge in [-0.2, -0.15) is 0 Å². The Labute approximate surface area is 90.4 Å². The van der Waals surface area contributed by atoms with Crippen molar-refractivity contribution in [3.63, 3.8) is 0 Å². The monoisotopic (exact) mass is 208 g/mol. The van der Waals surface area contributed by atoms with Crippen LogP contribution in [0.2, 0.25) is 24.2 Å². The van der Waals surface area contributed by atoms with Crippen LogP contribution in [0.5, 0.6) is 0 Å². The van der Waals surface area contributed by atoms with Crippen molar-refractivity contribution in [3.05, 3.63) is 38.0 Å². The van der Waals surface area contributed by atoms with E-state index in [-0.39, 0.29) is 0 Å². The third kappa shape index (κ3) is 3.67. The molecule has 0 aliphatic carbocycles. The van der Waals surface area contributed by atoms with Gasteiger partial charge in [-0.3, -0.25) is 0 Å². The van der Waals surface area contributed by atoms with Crippen LogP contribution in [-0.2, 0) is 0 Å². The molecule has 0 saturated carbocycles. The molecular weight excluding hydrogens is 184 g/mol. The van der Waals surface area contributed by atoms with Gasteiger partial charge >= 0.3 is 0 Å². The van der Waals surface area contributed by atoms with Gasteiger partial charge in [0.15, 0.2) is 0 Å². The molecule has 80 valence electrons. The predicted molar refractivity (Wildman–Crippen MR) is 70.5 cm³/mol. The van der Waals surface area contributed by atoms with Crippen molar-refractivity contribution in [1.82, 2.24) is 0 Å². The van der Waals surface area contributed by atoms with Crippen molar-refractivity contribution in [2.24, 2.45) is 0 Å². The maximum absolute atomic E-state index is 3.88. The van der Waals surface area contributed by atoms with E-state index in [0.29, 0.717) is 0 Å². The lowest BCUT2D eigenvalue weighted by atomic mass is 10.2. The summed E-state index contributed by atoms with van der Waals surface area (Å²) in [4.78, 5) is 0. The second-order valence-corrected chi connectivity index (χ2v) is 9.21. The van der Waals surface area contributed by atoms with E-state index in [1.165, 1.54) is 18.5 Å². The highest BCUT2D eigenvalue weighted by Crippen LogP contribution is 2.35. The van der Waals surface area contributed by atoms with E-state index in [0.717, 1.165) is 12.0 Å². The molecule has 0 spiro atoms. The molecule has 0 amide bonds. The van der Waals surface area contributed by atoms with Crippen molar-refractivity contribution in [2.45, 2.75) is 43.9 Å². The van der Waals surface area contributed by atoms with Gasteiger partial charge in [-0.1, -0.05) is 38.1 Å². The molecule has 0 aromatic rings. The second kappa shape index (κ2) is 6.83. The average molecular weight is 208 g/mol. The Balaban J connectivity index is 4.62. The van der Waals surface area contributed by atoms with E-state index in [1.807, 2.05) is 0 Å². The Hall–Kier alpha value is -0.563. The molecule has 0 bridgehead atoms. The van der Waals surface area contributed by atoms with E-state index in [4.69, 9.17) is 0 Å². The first-order chi connectivity index (χ1) is 6.64. The number of hydrogen-bond donors (Lipinski definition) is 0. The largest absolute Gasteiger partial charge is 0.103 e. The number of allylic oxidation sites excluding steroid dienone is 3. The van der Waals surface area contributed by atoms with E-state index in [9.17, 15) is 0 Å². The molecule has 1 unspecified atom stereocenters. The Morgan fingerprint density at radius 1 is 1.07 bits per heavy atom. The van der Waals surface area contributed by atoms with Crippen LogP contribution in [0.1, 0.15) is 19.8 Å². The summed E-state index contributed by atoms with van der Waals surface area (Å²) in [6, 6.07) is 2.40. The molecule has 0 saturated heterocycles. The SMILES string of the molecule is C=CCC(CC)[Si](C)(CC=C)CC=C. The first-order valence-electron chi connectivity index (χ1n) is 5.47. The third-order valence-corrected chi connectivity index (χ3v) is 8.21. The summed E-state index contributed by atoms with van der Waals surface area (Å²) in [7, 11) is -1.21. The first kappa shape index (κ1) is 13.4. The fourth-order valence-corrected chi connectivity index (χ4v) is 6.09. The van der Waals surface area contributed by atoms with E-state index in [2.05, 4.69) is 51.4 Å². The molecule has 1 heteroatoms. The van der Waals surface area contributed by atoms with Crippen molar-refractivity contribution in [1.29, 1.82) is 0 Å². The zero-order valence-electron chi connectivity index (χ0n) is 9.76. The topological polar surface area (TPSA) is 0 Å². The zero-order valence-corrected chi connectivity index (χ0v) is 10.8. The van der Waals surface area contributed by atoms with Crippen LogP contribution < -0.4 is 0 Å². The third-order valence-electron chi connectivity index (χ3n) is 3.15. The molecule has 0 aliphatic rings. The first-order valence-corrected chi connectivity index (χ1v) is 8.46. The van der Waals surface area contributed by atoms with Crippen LogP contribution in [0.4, 0.5) is 0 Å². The molecule has 0 aromatic carbocycles. The van der Waals surface area contributed by atoms with Crippen molar-refractivity contribution in [3.8, 4) is 0 Å². The average Bonchev–Trinajstić information content (AvgIpc) is 2.14. The molecular formula is C13H24Si. The maximum Gasteiger partial charge on any atom is 0.0613 e. The normalized spacial score (nSPS) is 13.3. The molecule has 0 N–H and O–H groups in total. The minimum atomic E-state index is -1.21. The molecule has 0 radical (unpaired) electrons. The lowest BCUT2D eigenvalue weighted by molar-refractivity contribution is 0.770. The molecule has 1 atom stereocenters. The number of rotatable bonds is 8. The smallest absolute Gasteiger partial charge is 0.0613 e. The van der Waals surface area contributed by atoms with E-state index >= 15 is 0 Å². The summed E-state index contributed by atoms with van der Waals surface area (Å²) in [6.45, 7) is 16.4. The Morgan fingerprint density at radius 3 is 1.86 bits per heavy atom. The molecule has 0 aromatic heterocycles. The Morgan fingerprint density at radius 2 is 1.57 bits per heavy atom. The highest BCUT2D eigenvalue weighted by molar-refractivity contribution is 6.80. The van der Waals surface area contributed by atoms with Crippen LogP contribution in [0.3, 0.4) is 0 Å². The van der Waals surface area contributed by atoms with Gasteiger partial charge in [0.05, 0.1) is 8.07 Å². The summed E-state index contributed by atoms with van der Waals surface area (Å²) >= 11 is 0. The lowest BCUT2D eigenvalue weighted by Crippen LogP contribution is -2.34. The molecule has 0 fully saturated rings. The van der Waals surface area contributed by atoms with Crippen LogP contribution >= 0.6 is 0 Å². The molecule has 0 heterocycles. The van der Waals surface area contributed by atoms with Gasteiger partial charge in [0.2, 0.25) is 0 Å². The molecule has 0 aliphatic heterocycles. The standard InChI is InChI=1S/C13H24Si/c1-6-10-13(9-4)14(5,11-7-2)12-8-3/h6-8,13H,1-3,9-12H2,4-5H3. The van der Waals surface area contributed by atoms with Gasteiger partial charge < -0.3 is 0 Å². The summed E-state index contributed by atoms with van der Waals surface area (Å²) in [6.07, 6.45) is 8.64. The van der Waals surface area contributed by atoms with Gasteiger partial charge in [0, 0.05) is 0 Å². The summed E-state index contributed by atoms with van der Waals surface area (Å²) in [5, 5.41) is 0. The van der Waals surface area contributed by atoms with Crippen molar-refractivity contribution in [2.75, 3.05) is 0 Å². The van der Waals surface area contributed by atoms with Crippen LogP contribution in [-0.4, -0.2) is 8.07 Å². The molecule has 14 heavy (non-hydrogen) atoms. The maximum atomic E-state index is 3.88. The predicted octanol–water partition coefficient (Wildman–Crippen LogP) is 4.79. The van der Waals surface area contributed by atoms with Gasteiger partial charge in [0.25, 0.3) is 0 Å². The van der Waals surface area contributed by atoms with E-state index < -0.39 is 8.07 Å². The fourth-order valence-electron chi connectivity index (χ4n) is 2.22. The van der Waals surface area contributed by atoms with Gasteiger partial charge in [-0.15, -0.1) is 19.7 Å². The lowest BCUT2D eigenvalue weighted by Gasteiger charge is -2.33. The summed E-state index contributed by atoms with van der Waals surface area (Å²) < 4.78 is 0. The minimum absolute atomic E-state index is 0.830. The molecule has 0 nitrogen and oxygen atoms in total. The van der Waals surface area contributed by atoms with Crippen molar-refractivity contribution >= 4 is 8.07 Å². The number of hydrogen-bond acceptors (Lipinski definition) is 0. The fraction of sp³-hybridized carbons (Fsp3) is 0.538. The van der Waals surface area contributed by atoms with Crippen molar-refractivity contribution < 1.29 is 0 Å². The minimum Gasteiger partial charge on any atom is -0.103 e. The zero-order chi connectivity index (χ0) is 11.0.